The number of carbonyl (C=O) groups is 1. The van der Waals surface area contributed by atoms with Gasteiger partial charge in [0.25, 0.3) is 5.91 Å². The van der Waals surface area contributed by atoms with Gasteiger partial charge in [-0.25, -0.2) is 0 Å². The molecule has 0 atom stereocenters. The van der Waals surface area contributed by atoms with E-state index in [9.17, 15) is 4.79 Å². The number of pyridine rings is 2. The minimum absolute atomic E-state index is 0.0826. The van der Waals surface area contributed by atoms with Crippen LogP contribution in [0.2, 0.25) is 0 Å². The van der Waals surface area contributed by atoms with Gasteiger partial charge in [-0.05, 0) is 35.4 Å². The molecule has 0 unspecified atom stereocenters. The number of amides is 1. The van der Waals surface area contributed by atoms with Crippen LogP contribution in [0.1, 0.15) is 15.9 Å². The molecule has 3 heterocycles. The first kappa shape index (κ1) is 14.4. The van der Waals surface area contributed by atoms with Crippen molar-refractivity contribution in [2.75, 3.05) is 12.8 Å². The van der Waals surface area contributed by atoms with Crippen LogP contribution in [-0.4, -0.2) is 27.8 Å². The second-order valence-electron chi connectivity index (χ2n) is 5.97. The molecule has 1 aliphatic rings. The zero-order valence-corrected chi connectivity index (χ0v) is 13.2. The van der Waals surface area contributed by atoms with E-state index in [4.69, 9.17) is 5.73 Å². The number of nitrogens with two attached hydrogens (primary N) is 1. The third-order valence-electron chi connectivity index (χ3n) is 4.24. The van der Waals surface area contributed by atoms with Crippen molar-refractivity contribution in [2.45, 2.75) is 6.54 Å². The fourth-order valence-corrected chi connectivity index (χ4v) is 2.98. The first-order valence-corrected chi connectivity index (χ1v) is 7.67. The lowest BCUT2D eigenvalue weighted by Gasteiger charge is -2.06. The molecule has 0 aliphatic carbocycles. The zero-order valence-electron chi connectivity index (χ0n) is 13.2. The third kappa shape index (κ3) is 2.40. The Morgan fingerprint density at radius 1 is 1.00 bits per heavy atom. The van der Waals surface area contributed by atoms with Crippen LogP contribution in [0.25, 0.3) is 22.4 Å². The summed E-state index contributed by atoms with van der Waals surface area (Å²) in [6.45, 7) is 0.655. The van der Waals surface area contributed by atoms with Crippen LogP contribution in [0, 0.1) is 0 Å². The van der Waals surface area contributed by atoms with E-state index in [0.717, 1.165) is 33.5 Å². The molecule has 0 saturated heterocycles. The minimum atomic E-state index is 0.0826. The lowest BCUT2D eigenvalue weighted by molar-refractivity contribution is 0.0816. The van der Waals surface area contributed by atoms with Gasteiger partial charge >= 0.3 is 0 Å². The standard InChI is InChI=1S/C19H16N4O/c1-23-11-15-6-12(2-4-17(15)19(23)24)13-3-5-18(22-9-13)14-7-16(20)10-21-8-14/h2-10H,11,20H2,1H3. The second-order valence-corrected chi connectivity index (χ2v) is 5.97. The molecule has 4 rings (SSSR count). The third-order valence-corrected chi connectivity index (χ3v) is 4.24. The Hall–Kier alpha value is -3.21. The number of benzene rings is 1. The number of nitrogens with zero attached hydrogens (tertiary/aromatic N) is 3. The summed E-state index contributed by atoms with van der Waals surface area (Å²) < 4.78 is 0. The number of anilines is 1. The molecule has 5 nitrogen and oxygen atoms in total. The van der Waals surface area contributed by atoms with Crippen molar-refractivity contribution < 1.29 is 4.79 Å². The molecule has 0 fully saturated rings. The van der Waals surface area contributed by atoms with Crippen LogP contribution >= 0.6 is 0 Å². The zero-order chi connectivity index (χ0) is 16.7. The van der Waals surface area contributed by atoms with Crippen molar-refractivity contribution in [3.8, 4) is 22.4 Å². The van der Waals surface area contributed by atoms with E-state index in [1.807, 2.05) is 43.6 Å². The molecule has 1 aliphatic heterocycles. The van der Waals surface area contributed by atoms with Crippen molar-refractivity contribution in [2.24, 2.45) is 0 Å². The normalized spacial score (nSPS) is 13.2. The maximum atomic E-state index is 12.0. The van der Waals surface area contributed by atoms with Gasteiger partial charge in [0.1, 0.15) is 0 Å². The summed E-state index contributed by atoms with van der Waals surface area (Å²) in [5.74, 6) is 0.0826. The largest absolute Gasteiger partial charge is 0.397 e. The molecule has 2 aromatic heterocycles. The number of rotatable bonds is 2. The summed E-state index contributed by atoms with van der Waals surface area (Å²) in [6, 6.07) is 11.8. The van der Waals surface area contributed by atoms with Crippen LogP contribution in [0.15, 0.2) is 55.0 Å². The van der Waals surface area contributed by atoms with Gasteiger partial charge in [0.05, 0.1) is 11.4 Å². The molecular formula is C19H16N4O. The predicted octanol–water partition coefficient (Wildman–Crippen LogP) is 2.98. The number of hydrogen-bond donors (Lipinski definition) is 1. The Kier molecular flexibility index (Phi) is 3.27. The quantitative estimate of drug-likeness (QED) is 0.789. The van der Waals surface area contributed by atoms with Crippen LogP contribution in [0.4, 0.5) is 5.69 Å². The summed E-state index contributed by atoms with van der Waals surface area (Å²) in [6.07, 6.45) is 5.19. The fraction of sp³-hybridized carbons (Fsp3) is 0.105. The van der Waals surface area contributed by atoms with Gasteiger partial charge in [0, 0.05) is 48.9 Å². The smallest absolute Gasteiger partial charge is 0.254 e. The van der Waals surface area contributed by atoms with Crippen LogP contribution in [0.5, 0.6) is 0 Å². The molecule has 0 radical (unpaired) electrons. The predicted molar refractivity (Wildman–Crippen MR) is 93.1 cm³/mol. The lowest BCUT2D eigenvalue weighted by atomic mass is 10.0. The number of aromatic nitrogens is 2. The Labute approximate surface area is 139 Å². The highest BCUT2D eigenvalue weighted by Gasteiger charge is 2.24. The highest BCUT2D eigenvalue weighted by atomic mass is 16.2. The lowest BCUT2D eigenvalue weighted by Crippen LogP contribution is -2.17. The van der Waals surface area contributed by atoms with Gasteiger partial charge in [0.2, 0.25) is 0 Å². The fourth-order valence-electron chi connectivity index (χ4n) is 2.98. The number of carbonyl (C=O) groups excluding carboxylic acids is 1. The highest BCUT2D eigenvalue weighted by molar-refractivity contribution is 5.98. The topological polar surface area (TPSA) is 72.1 Å². The van der Waals surface area contributed by atoms with E-state index in [2.05, 4.69) is 16.0 Å². The molecule has 1 aromatic carbocycles. The Morgan fingerprint density at radius 3 is 2.58 bits per heavy atom. The molecule has 1 amide bonds. The molecule has 118 valence electrons. The van der Waals surface area contributed by atoms with E-state index >= 15 is 0 Å². The van der Waals surface area contributed by atoms with Gasteiger partial charge in [-0.2, -0.15) is 0 Å². The van der Waals surface area contributed by atoms with E-state index < -0.39 is 0 Å². The molecule has 0 bridgehead atoms. The molecule has 5 heteroatoms. The van der Waals surface area contributed by atoms with Crippen LogP contribution in [0.3, 0.4) is 0 Å². The van der Waals surface area contributed by atoms with Gasteiger partial charge in [-0.1, -0.05) is 12.1 Å². The Bertz CT molecular complexity index is 934. The van der Waals surface area contributed by atoms with Crippen molar-refractivity contribution in [1.82, 2.24) is 14.9 Å². The second kappa shape index (κ2) is 5.45. The average Bonchev–Trinajstić information content (AvgIpc) is 2.89. The van der Waals surface area contributed by atoms with Crippen LogP contribution < -0.4 is 5.73 Å². The van der Waals surface area contributed by atoms with Crippen LogP contribution in [-0.2, 0) is 6.54 Å². The van der Waals surface area contributed by atoms with Crippen molar-refractivity contribution >= 4 is 11.6 Å². The number of nitrogen functional groups attached to an aromatic ring is 1. The summed E-state index contributed by atoms with van der Waals surface area (Å²) in [4.78, 5) is 22.3. The van der Waals surface area contributed by atoms with Gasteiger partial charge in [-0.3, -0.25) is 14.8 Å². The minimum Gasteiger partial charge on any atom is -0.397 e. The van der Waals surface area contributed by atoms with Gasteiger partial charge in [0.15, 0.2) is 0 Å². The molecule has 24 heavy (non-hydrogen) atoms. The van der Waals surface area contributed by atoms with Gasteiger partial charge in [-0.15, -0.1) is 0 Å². The first-order valence-electron chi connectivity index (χ1n) is 7.67. The Balaban J connectivity index is 1.67. The van der Waals surface area contributed by atoms with E-state index in [-0.39, 0.29) is 5.91 Å². The Morgan fingerprint density at radius 2 is 1.83 bits per heavy atom. The summed E-state index contributed by atoms with van der Waals surface area (Å²) in [5.41, 5.74) is 12.0. The average molecular weight is 316 g/mol. The monoisotopic (exact) mass is 316 g/mol. The first-order chi connectivity index (χ1) is 11.6. The molecule has 0 spiro atoms. The summed E-state index contributed by atoms with van der Waals surface area (Å²) in [7, 11) is 1.82. The molecule has 3 aromatic rings. The van der Waals surface area contributed by atoms with Crippen molar-refractivity contribution in [1.29, 1.82) is 0 Å². The van der Waals surface area contributed by atoms with E-state index in [1.165, 1.54) is 0 Å². The van der Waals surface area contributed by atoms with Crippen molar-refractivity contribution in [3.05, 3.63) is 66.1 Å². The maximum Gasteiger partial charge on any atom is 0.254 e. The number of fused-ring (bicyclic) bond motifs is 1. The summed E-state index contributed by atoms with van der Waals surface area (Å²) >= 11 is 0. The molecule has 0 saturated carbocycles. The SMILES string of the molecule is CN1Cc2cc(-c3ccc(-c4cncc(N)c4)nc3)ccc2C1=O. The van der Waals surface area contributed by atoms with E-state index in [1.54, 1.807) is 17.3 Å². The molecular weight excluding hydrogens is 300 g/mol. The highest BCUT2D eigenvalue weighted by Crippen LogP contribution is 2.28. The van der Waals surface area contributed by atoms with E-state index in [0.29, 0.717) is 12.2 Å². The molecule has 2 N–H and O–H groups in total. The summed E-state index contributed by atoms with van der Waals surface area (Å²) in [5, 5.41) is 0. The van der Waals surface area contributed by atoms with Gasteiger partial charge < -0.3 is 10.6 Å². The maximum absolute atomic E-state index is 12.0. The van der Waals surface area contributed by atoms with Crippen molar-refractivity contribution in [3.63, 3.8) is 0 Å². The number of hydrogen-bond acceptors (Lipinski definition) is 4.